The second-order valence-electron chi connectivity index (χ2n) is 3.78. The fourth-order valence-electron chi connectivity index (χ4n) is 1.42. The fraction of sp³-hybridized carbons (Fsp3) is 0.333. The van der Waals surface area contributed by atoms with Gasteiger partial charge in [-0.1, -0.05) is 0 Å². The number of carboxylic acid groups (broad SMARTS) is 1. The first-order valence-corrected chi connectivity index (χ1v) is 5.41. The summed E-state index contributed by atoms with van der Waals surface area (Å²) in [5.74, 6) is -1.39. The standard InChI is InChI=1S/C12H16N2O4/c1-18-10(6-11(15)16)7-14-9-4-2-8(3-5-9)12(13)17/h2-5,10,14H,6-7H2,1H3,(H2,13,17)(H,15,16). The molecule has 0 aliphatic rings. The summed E-state index contributed by atoms with van der Waals surface area (Å²) >= 11 is 0. The van der Waals surface area contributed by atoms with Gasteiger partial charge in [0.05, 0.1) is 12.5 Å². The number of carbonyl (C=O) groups excluding carboxylic acids is 1. The lowest BCUT2D eigenvalue weighted by Gasteiger charge is -2.14. The van der Waals surface area contributed by atoms with Gasteiger partial charge in [-0.05, 0) is 24.3 Å². The highest BCUT2D eigenvalue weighted by Crippen LogP contribution is 2.10. The second-order valence-corrected chi connectivity index (χ2v) is 3.78. The third-order valence-corrected chi connectivity index (χ3v) is 2.44. The number of rotatable bonds is 7. The Kier molecular flexibility index (Phi) is 5.13. The van der Waals surface area contributed by atoms with Gasteiger partial charge in [0.2, 0.25) is 5.91 Å². The van der Waals surface area contributed by atoms with Crippen molar-refractivity contribution in [3.05, 3.63) is 29.8 Å². The molecule has 18 heavy (non-hydrogen) atoms. The highest BCUT2D eigenvalue weighted by atomic mass is 16.5. The molecule has 6 heteroatoms. The van der Waals surface area contributed by atoms with Gasteiger partial charge in [-0.15, -0.1) is 0 Å². The van der Waals surface area contributed by atoms with E-state index in [9.17, 15) is 9.59 Å². The van der Waals surface area contributed by atoms with Crippen LogP contribution in [0.1, 0.15) is 16.8 Å². The van der Waals surface area contributed by atoms with Crippen LogP contribution in [0.4, 0.5) is 5.69 Å². The summed E-state index contributed by atoms with van der Waals surface area (Å²) in [5, 5.41) is 11.7. The molecule has 0 aliphatic carbocycles. The maximum atomic E-state index is 10.9. The maximum Gasteiger partial charge on any atom is 0.306 e. The molecule has 0 saturated heterocycles. The minimum absolute atomic E-state index is 0.0666. The molecule has 0 fully saturated rings. The molecule has 0 spiro atoms. The molecule has 6 nitrogen and oxygen atoms in total. The first-order chi connectivity index (χ1) is 8.52. The van der Waals surface area contributed by atoms with E-state index in [1.54, 1.807) is 24.3 Å². The molecule has 0 aliphatic heterocycles. The average Bonchev–Trinajstić information content (AvgIpc) is 2.34. The second kappa shape index (κ2) is 6.61. The first kappa shape index (κ1) is 14.0. The number of ether oxygens (including phenoxy) is 1. The van der Waals surface area contributed by atoms with Crippen molar-refractivity contribution in [1.29, 1.82) is 0 Å². The van der Waals surface area contributed by atoms with Crippen LogP contribution in [0.15, 0.2) is 24.3 Å². The number of primary amides is 1. The molecule has 1 atom stereocenters. The van der Waals surface area contributed by atoms with Gasteiger partial charge in [0, 0.05) is 24.9 Å². The Bertz CT molecular complexity index is 417. The molecule has 0 heterocycles. The van der Waals surface area contributed by atoms with E-state index in [0.29, 0.717) is 12.1 Å². The molecule has 1 amide bonds. The van der Waals surface area contributed by atoms with Crippen LogP contribution in [0.25, 0.3) is 0 Å². The monoisotopic (exact) mass is 252 g/mol. The maximum absolute atomic E-state index is 10.9. The van der Waals surface area contributed by atoms with Crippen molar-refractivity contribution in [2.45, 2.75) is 12.5 Å². The van der Waals surface area contributed by atoms with Gasteiger partial charge in [-0.2, -0.15) is 0 Å². The number of amides is 1. The number of nitrogens with two attached hydrogens (primary N) is 1. The molecule has 1 rings (SSSR count). The minimum Gasteiger partial charge on any atom is -0.481 e. The first-order valence-electron chi connectivity index (χ1n) is 5.41. The van der Waals surface area contributed by atoms with Gasteiger partial charge in [-0.25, -0.2) is 0 Å². The summed E-state index contributed by atoms with van der Waals surface area (Å²) in [6.45, 7) is 0.374. The van der Waals surface area contributed by atoms with Crippen LogP contribution in [0, 0.1) is 0 Å². The summed E-state index contributed by atoms with van der Waals surface area (Å²) in [6.07, 6.45) is -0.471. The zero-order chi connectivity index (χ0) is 13.5. The third-order valence-electron chi connectivity index (χ3n) is 2.44. The molecule has 0 saturated carbocycles. The van der Waals surface area contributed by atoms with E-state index in [2.05, 4.69) is 5.32 Å². The summed E-state index contributed by atoms with van der Waals surface area (Å²) in [6, 6.07) is 6.61. The van der Waals surface area contributed by atoms with Crippen molar-refractivity contribution in [3.8, 4) is 0 Å². The van der Waals surface area contributed by atoms with E-state index in [1.165, 1.54) is 7.11 Å². The number of benzene rings is 1. The van der Waals surface area contributed by atoms with Crippen LogP contribution in [-0.4, -0.2) is 36.7 Å². The van der Waals surface area contributed by atoms with Crippen LogP contribution >= 0.6 is 0 Å². The Hall–Kier alpha value is -2.08. The Balaban J connectivity index is 2.52. The SMILES string of the molecule is COC(CNc1ccc(C(N)=O)cc1)CC(=O)O. The topological polar surface area (TPSA) is 102 Å². The molecular formula is C12H16N2O4. The molecule has 0 radical (unpaired) electrons. The number of aliphatic carboxylic acids is 1. The van der Waals surface area contributed by atoms with E-state index in [1.807, 2.05) is 0 Å². The number of carbonyl (C=O) groups is 2. The predicted octanol–water partition coefficient (Wildman–Crippen LogP) is 0.687. The zero-order valence-corrected chi connectivity index (χ0v) is 10.1. The van der Waals surface area contributed by atoms with Crippen molar-refractivity contribution < 1.29 is 19.4 Å². The third kappa shape index (κ3) is 4.42. The van der Waals surface area contributed by atoms with Crippen molar-refractivity contribution in [2.24, 2.45) is 5.73 Å². The normalized spacial score (nSPS) is 11.8. The van der Waals surface area contributed by atoms with Gasteiger partial charge in [0.1, 0.15) is 0 Å². The van der Waals surface area contributed by atoms with Gasteiger partial charge >= 0.3 is 5.97 Å². The van der Waals surface area contributed by atoms with E-state index in [-0.39, 0.29) is 6.42 Å². The van der Waals surface area contributed by atoms with Crippen molar-refractivity contribution in [1.82, 2.24) is 0 Å². The highest BCUT2D eigenvalue weighted by Gasteiger charge is 2.11. The Labute approximate surface area is 105 Å². The van der Waals surface area contributed by atoms with Crippen LogP contribution in [0.3, 0.4) is 0 Å². The average molecular weight is 252 g/mol. The molecule has 1 aromatic carbocycles. The smallest absolute Gasteiger partial charge is 0.306 e. The van der Waals surface area contributed by atoms with E-state index >= 15 is 0 Å². The molecule has 0 aromatic heterocycles. The highest BCUT2D eigenvalue weighted by molar-refractivity contribution is 5.93. The van der Waals surface area contributed by atoms with Crippen molar-refractivity contribution in [2.75, 3.05) is 19.0 Å². The Morgan fingerprint density at radius 3 is 2.44 bits per heavy atom. The largest absolute Gasteiger partial charge is 0.481 e. The summed E-state index contributed by atoms with van der Waals surface area (Å²) in [5.41, 5.74) is 6.31. The van der Waals surface area contributed by atoms with Gasteiger partial charge < -0.3 is 20.9 Å². The van der Waals surface area contributed by atoms with Crippen molar-refractivity contribution >= 4 is 17.6 Å². The van der Waals surface area contributed by atoms with Gasteiger partial charge in [0.15, 0.2) is 0 Å². The summed E-state index contributed by atoms with van der Waals surface area (Å²) < 4.78 is 5.03. The number of nitrogens with one attached hydrogen (secondary N) is 1. The molecular weight excluding hydrogens is 236 g/mol. The number of carboxylic acids is 1. The Morgan fingerprint density at radius 1 is 1.39 bits per heavy atom. The summed E-state index contributed by atoms with van der Waals surface area (Å²) in [7, 11) is 1.46. The number of methoxy groups -OCH3 is 1. The number of hydrogen-bond acceptors (Lipinski definition) is 4. The van der Waals surface area contributed by atoms with E-state index in [0.717, 1.165) is 5.69 Å². The van der Waals surface area contributed by atoms with Gasteiger partial charge in [-0.3, -0.25) is 9.59 Å². The lowest BCUT2D eigenvalue weighted by Crippen LogP contribution is -2.25. The fourth-order valence-corrected chi connectivity index (χ4v) is 1.42. The van der Waals surface area contributed by atoms with E-state index in [4.69, 9.17) is 15.6 Å². The van der Waals surface area contributed by atoms with Crippen LogP contribution in [0.5, 0.6) is 0 Å². The van der Waals surface area contributed by atoms with Crippen LogP contribution in [0.2, 0.25) is 0 Å². The van der Waals surface area contributed by atoms with Crippen molar-refractivity contribution in [3.63, 3.8) is 0 Å². The van der Waals surface area contributed by atoms with Gasteiger partial charge in [0.25, 0.3) is 0 Å². The quantitative estimate of drug-likeness (QED) is 0.662. The van der Waals surface area contributed by atoms with E-state index < -0.39 is 18.0 Å². The summed E-state index contributed by atoms with van der Waals surface area (Å²) in [4.78, 5) is 21.4. The molecule has 1 unspecified atom stereocenters. The lowest BCUT2D eigenvalue weighted by atomic mass is 10.2. The molecule has 98 valence electrons. The minimum atomic E-state index is -0.910. The molecule has 4 N–H and O–H groups in total. The Morgan fingerprint density at radius 2 is 2.00 bits per heavy atom. The predicted molar refractivity (Wildman–Crippen MR) is 66.5 cm³/mol. The van der Waals surface area contributed by atoms with Crippen LogP contribution in [-0.2, 0) is 9.53 Å². The number of hydrogen-bond donors (Lipinski definition) is 3. The zero-order valence-electron chi connectivity index (χ0n) is 10.1. The van der Waals surface area contributed by atoms with Crippen LogP contribution < -0.4 is 11.1 Å². The molecule has 0 bridgehead atoms. The lowest BCUT2D eigenvalue weighted by molar-refractivity contribution is -0.139. The molecule has 1 aromatic rings. The number of anilines is 1.